The molecule has 2 aromatic carbocycles. The third-order valence-electron chi connectivity index (χ3n) is 13.4. The number of anilines is 2. The van der Waals surface area contributed by atoms with E-state index >= 15 is 0 Å². The molecule has 4 aliphatic rings. The van der Waals surface area contributed by atoms with Crippen LogP contribution < -0.4 is 24.6 Å². The highest BCUT2D eigenvalue weighted by Crippen LogP contribution is 2.62. The molecule has 3 aliphatic heterocycles. The number of methoxy groups -OCH3 is 1. The Kier molecular flexibility index (Phi) is 12.0. The first-order valence-corrected chi connectivity index (χ1v) is 20.8. The molecule has 2 amide bonds. The van der Waals surface area contributed by atoms with Crippen molar-refractivity contribution in [2.75, 3.05) is 62.7 Å². The molecule has 7 rings (SSSR count). The zero-order valence-corrected chi connectivity index (χ0v) is 34.6. The summed E-state index contributed by atoms with van der Waals surface area (Å²) in [5.74, 6) is 3.64. The van der Waals surface area contributed by atoms with Gasteiger partial charge >= 0.3 is 0 Å². The summed E-state index contributed by atoms with van der Waals surface area (Å²) in [6.07, 6.45) is 10.8. The highest BCUT2D eigenvalue weighted by atomic mass is 16.5. The molecule has 0 unspecified atom stereocenters. The first kappa shape index (κ1) is 41.0. The van der Waals surface area contributed by atoms with E-state index in [4.69, 9.17) is 15.9 Å². The normalized spacial score (nSPS) is 23.3. The Bertz CT molecular complexity index is 2020. The van der Waals surface area contributed by atoms with E-state index in [0.717, 1.165) is 69.9 Å². The number of benzene rings is 2. The molecule has 1 aromatic heterocycles. The van der Waals surface area contributed by atoms with Crippen LogP contribution in [0.2, 0.25) is 0 Å². The number of ether oxygens (including phenoxy) is 2. The Morgan fingerprint density at radius 2 is 1.52 bits per heavy atom. The van der Waals surface area contributed by atoms with Gasteiger partial charge in [0.15, 0.2) is 11.6 Å². The van der Waals surface area contributed by atoms with Crippen LogP contribution in [0.25, 0.3) is 0 Å². The van der Waals surface area contributed by atoms with Gasteiger partial charge in [-0.1, -0.05) is 33.6 Å². The molecular weight excluding hydrogens is 731 g/mol. The Labute approximate surface area is 342 Å². The van der Waals surface area contributed by atoms with Crippen molar-refractivity contribution >= 4 is 34.8 Å². The topological polar surface area (TPSA) is 121 Å². The fourth-order valence-electron chi connectivity index (χ4n) is 10.1. The van der Waals surface area contributed by atoms with Gasteiger partial charge in [0.25, 0.3) is 0 Å². The van der Waals surface area contributed by atoms with E-state index in [-0.39, 0.29) is 59.1 Å². The molecule has 0 radical (unpaired) electrons. The minimum atomic E-state index is -0.479. The number of carbonyl (C=O) groups is 4. The van der Waals surface area contributed by atoms with Gasteiger partial charge in [-0.2, -0.15) is 0 Å². The average molecular weight is 788 g/mol. The summed E-state index contributed by atoms with van der Waals surface area (Å²) in [5, 5.41) is 2.32. The number of amides is 2. The van der Waals surface area contributed by atoms with Gasteiger partial charge in [-0.25, -0.2) is 0 Å². The zero-order chi connectivity index (χ0) is 41.2. The molecule has 306 valence electrons. The maximum Gasteiger partial charge on any atom is 0.230 e. The summed E-state index contributed by atoms with van der Waals surface area (Å²) in [6, 6.07) is 17.5. The third-order valence-corrected chi connectivity index (χ3v) is 13.4. The van der Waals surface area contributed by atoms with Crippen molar-refractivity contribution in [2.45, 2.75) is 72.3 Å². The van der Waals surface area contributed by atoms with Gasteiger partial charge in [-0.05, 0) is 79.6 Å². The number of hydrogen-bond donors (Lipinski definition) is 1. The Hall–Kier alpha value is -5.21. The second-order valence-corrected chi connectivity index (χ2v) is 17.8. The fourth-order valence-corrected chi connectivity index (χ4v) is 10.1. The molecule has 3 aromatic rings. The molecule has 0 bridgehead atoms. The number of imide groups is 1. The van der Waals surface area contributed by atoms with Gasteiger partial charge in [0.05, 0.1) is 24.6 Å². The number of rotatable bonds is 13. The molecule has 11 heteroatoms. The smallest absolute Gasteiger partial charge is 0.230 e. The van der Waals surface area contributed by atoms with Gasteiger partial charge < -0.3 is 19.3 Å². The van der Waals surface area contributed by atoms with Crippen molar-refractivity contribution in [2.24, 2.45) is 28.6 Å². The lowest BCUT2D eigenvalue weighted by Crippen LogP contribution is -2.66. The van der Waals surface area contributed by atoms with Gasteiger partial charge in [0.2, 0.25) is 11.8 Å². The quantitative estimate of drug-likeness (QED) is 0.118. The molecule has 1 atom stereocenters. The number of nitrogens with zero attached hydrogens (tertiary/aromatic N) is 4. The molecule has 1 aliphatic carbocycles. The van der Waals surface area contributed by atoms with Crippen LogP contribution in [0.1, 0.15) is 92.6 Å². The van der Waals surface area contributed by atoms with E-state index < -0.39 is 5.92 Å². The van der Waals surface area contributed by atoms with Crippen molar-refractivity contribution < 1.29 is 28.7 Å². The monoisotopic (exact) mass is 787 g/mol. The van der Waals surface area contributed by atoms with Crippen LogP contribution in [0.15, 0.2) is 60.8 Å². The van der Waals surface area contributed by atoms with E-state index in [2.05, 4.69) is 70.7 Å². The van der Waals surface area contributed by atoms with Crippen molar-refractivity contribution in [1.29, 1.82) is 0 Å². The number of nitrogens with one attached hydrogen (secondary N) is 1. The molecule has 11 nitrogen and oxygen atoms in total. The number of hydrogen-bond acceptors (Lipinski definition) is 10. The standard InChI is InChI=1S/C47H57N5O6/c1-7-32-10-15-37(27-41(32)57-6)58-45-46(2,3)42(47(45,4)5)28-39(53)33-8-12-35(13-9-33)51-20-18-31(19-21-51)30-50-22-24-52(25-23-50)36-14-16-38(48-29-36)40(54)26-34-11-17-43(55)49-44(34)56/h1,8-10,12-16,27,29,31,34,42,45H,11,17-26,28,30H2,2-6H3,(H,49,55,56)/t34-,42?,45?/m1/s1. The SMILES string of the molecule is C#Cc1ccc(OC2C(C)(C)C(CC(=O)c3ccc(N4CCC(CN5CCN(c6ccc(C(=O)C[C@H]7CCC(=O)NC7=O)nc6)CC5)CC4)cc3)C2(C)C)cc1OC. The lowest BCUT2D eigenvalue weighted by Gasteiger charge is -2.63. The number of aromatic nitrogens is 1. The van der Waals surface area contributed by atoms with Gasteiger partial charge in [-0.15, -0.1) is 6.42 Å². The summed E-state index contributed by atoms with van der Waals surface area (Å²) < 4.78 is 12.0. The molecular formula is C47H57N5O6. The molecule has 0 spiro atoms. The second-order valence-electron chi connectivity index (χ2n) is 17.8. The summed E-state index contributed by atoms with van der Waals surface area (Å²) in [5.41, 5.74) is 3.56. The Morgan fingerprint density at radius 1 is 0.845 bits per heavy atom. The number of piperazine rings is 1. The number of ketones is 2. The first-order chi connectivity index (χ1) is 27.8. The summed E-state index contributed by atoms with van der Waals surface area (Å²) in [7, 11) is 1.60. The minimum absolute atomic E-state index is 0.0653. The number of terminal acetylenes is 1. The third kappa shape index (κ3) is 8.63. The summed E-state index contributed by atoms with van der Waals surface area (Å²) in [4.78, 5) is 61.7. The van der Waals surface area contributed by atoms with Crippen molar-refractivity contribution in [3.8, 4) is 23.8 Å². The van der Waals surface area contributed by atoms with Crippen molar-refractivity contribution in [3.05, 3.63) is 77.6 Å². The second kappa shape index (κ2) is 16.9. The Balaban J connectivity index is 0.835. The van der Waals surface area contributed by atoms with Crippen LogP contribution in [0.3, 0.4) is 0 Å². The van der Waals surface area contributed by atoms with Crippen LogP contribution >= 0.6 is 0 Å². The number of pyridine rings is 1. The number of Topliss-reactive ketones (excluding diaryl/α,β-unsaturated/α-hetero) is 2. The number of piperidine rings is 2. The van der Waals surface area contributed by atoms with E-state index in [1.807, 2.05) is 36.4 Å². The number of carbonyl (C=O) groups excluding carboxylic acids is 4. The molecule has 1 N–H and O–H groups in total. The maximum atomic E-state index is 13.6. The zero-order valence-electron chi connectivity index (χ0n) is 34.6. The van der Waals surface area contributed by atoms with Crippen LogP contribution in [-0.4, -0.2) is 92.3 Å². The van der Waals surface area contributed by atoms with E-state index in [1.165, 1.54) is 5.69 Å². The Morgan fingerprint density at radius 3 is 2.14 bits per heavy atom. The summed E-state index contributed by atoms with van der Waals surface area (Å²) >= 11 is 0. The highest BCUT2D eigenvalue weighted by Gasteiger charge is 2.63. The highest BCUT2D eigenvalue weighted by molar-refractivity contribution is 6.02. The van der Waals surface area contributed by atoms with Crippen molar-refractivity contribution in [3.63, 3.8) is 0 Å². The van der Waals surface area contributed by atoms with Crippen LogP contribution in [0.5, 0.6) is 11.5 Å². The van der Waals surface area contributed by atoms with E-state index in [1.54, 1.807) is 19.4 Å². The lowest BCUT2D eigenvalue weighted by molar-refractivity contribution is -0.196. The fraction of sp³-hybridized carbons (Fsp3) is 0.511. The summed E-state index contributed by atoms with van der Waals surface area (Å²) in [6.45, 7) is 15.6. The molecule has 4 fully saturated rings. The van der Waals surface area contributed by atoms with Gasteiger partial charge in [-0.3, -0.25) is 34.4 Å². The van der Waals surface area contributed by atoms with Gasteiger partial charge in [0.1, 0.15) is 23.3 Å². The van der Waals surface area contributed by atoms with Crippen LogP contribution in [0.4, 0.5) is 11.4 Å². The average Bonchev–Trinajstić information content (AvgIpc) is 3.23. The maximum absolute atomic E-state index is 13.6. The van der Waals surface area contributed by atoms with Crippen LogP contribution in [0, 0.1) is 40.9 Å². The molecule has 3 saturated heterocycles. The first-order valence-electron chi connectivity index (χ1n) is 20.8. The minimum Gasteiger partial charge on any atom is -0.495 e. The van der Waals surface area contributed by atoms with Crippen molar-refractivity contribution in [1.82, 2.24) is 15.2 Å². The molecule has 1 saturated carbocycles. The lowest BCUT2D eigenvalue weighted by atomic mass is 9.44. The van der Waals surface area contributed by atoms with Crippen LogP contribution in [-0.2, 0) is 9.59 Å². The largest absolute Gasteiger partial charge is 0.495 e. The predicted octanol–water partition coefficient (Wildman–Crippen LogP) is 6.44. The predicted molar refractivity (Wildman–Crippen MR) is 224 cm³/mol. The molecule has 4 heterocycles. The van der Waals surface area contributed by atoms with E-state index in [0.29, 0.717) is 41.5 Å². The van der Waals surface area contributed by atoms with E-state index in [9.17, 15) is 19.2 Å². The molecule has 58 heavy (non-hydrogen) atoms. The van der Waals surface area contributed by atoms with Gasteiger partial charge in [0, 0.05) is 99.1 Å².